The molecule has 0 unspecified atom stereocenters. The molecule has 3 rings (SSSR count). The lowest BCUT2D eigenvalue weighted by Gasteiger charge is -2.22. The van der Waals surface area contributed by atoms with Gasteiger partial charge < -0.3 is 29.4 Å². The Balaban J connectivity index is 1.86. The minimum absolute atomic E-state index is 0.264. The average molecular weight is 387 g/mol. The molecule has 0 fully saturated rings. The fraction of sp³-hybridized carbons (Fsp3) is 0.300. The topological polar surface area (TPSA) is 103 Å². The van der Waals surface area contributed by atoms with Gasteiger partial charge in [0.15, 0.2) is 11.5 Å². The van der Waals surface area contributed by atoms with Gasteiger partial charge in [-0.15, -0.1) is 0 Å². The summed E-state index contributed by atoms with van der Waals surface area (Å²) in [7, 11) is 3.01. The highest BCUT2D eigenvalue weighted by atomic mass is 16.6. The largest absolute Gasteiger partial charge is 0.497 e. The smallest absolute Gasteiger partial charge is 0.305 e. The van der Waals surface area contributed by atoms with E-state index in [-0.39, 0.29) is 12.0 Å². The SMILES string of the molecule is COc1ccc([C@H](CC(=O)O)NC(=O)c2cc(OC)c3c(c2)OCCO3)cc1. The first kappa shape index (κ1) is 19.3. The zero-order chi connectivity index (χ0) is 20.1. The molecular formula is C20H21NO7. The molecule has 1 aliphatic heterocycles. The third kappa shape index (κ3) is 4.28. The van der Waals surface area contributed by atoms with Gasteiger partial charge >= 0.3 is 5.97 Å². The Kier molecular flexibility index (Phi) is 5.88. The van der Waals surface area contributed by atoms with E-state index in [1.54, 1.807) is 37.4 Å². The van der Waals surface area contributed by atoms with Gasteiger partial charge in [-0.2, -0.15) is 0 Å². The molecule has 0 saturated carbocycles. The monoisotopic (exact) mass is 387 g/mol. The summed E-state index contributed by atoms with van der Waals surface area (Å²) in [6.45, 7) is 0.766. The Bertz CT molecular complexity index is 846. The summed E-state index contributed by atoms with van der Waals surface area (Å²) in [6, 6.07) is 9.24. The van der Waals surface area contributed by atoms with Crippen molar-refractivity contribution in [2.24, 2.45) is 0 Å². The molecular weight excluding hydrogens is 366 g/mol. The third-order valence-corrected chi connectivity index (χ3v) is 4.29. The minimum Gasteiger partial charge on any atom is -0.497 e. The molecule has 1 aliphatic rings. The first-order valence-corrected chi connectivity index (χ1v) is 8.66. The van der Waals surface area contributed by atoms with Crippen LogP contribution >= 0.6 is 0 Å². The molecule has 2 aromatic carbocycles. The lowest BCUT2D eigenvalue weighted by atomic mass is 10.0. The predicted octanol–water partition coefficient (Wildman–Crippen LogP) is 2.42. The highest BCUT2D eigenvalue weighted by Crippen LogP contribution is 2.40. The minimum atomic E-state index is -1.03. The molecule has 0 aromatic heterocycles. The molecule has 2 aromatic rings. The van der Waals surface area contributed by atoms with Crippen LogP contribution in [0.25, 0.3) is 0 Å². The van der Waals surface area contributed by atoms with E-state index in [1.807, 2.05) is 0 Å². The standard InChI is InChI=1S/C20H21NO7/c1-25-14-5-3-12(4-6-14)15(11-18(22)23)21-20(24)13-9-16(26-2)19-17(10-13)27-7-8-28-19/h3-6,9-10,15H,7-8,11H2,1-2H3,(H,21,24)(H,22,23)/t15-/m0/s1. The molecule has 148 valence electrons. The summed E-state index contributed by atoms with van der Waals surface area (Å²) in [4.78, 5) is 24.1. The van der Waals surface area contributed by atoms with Gasteiger partial charge in [0.25, 0.3) is 5.91 Å². The first-order chi connectivity index (χ1) is 13.5. The molecule has 8 heteroatoms. The Hall–Kier alpha value is -3.42. The summed E-state index contributed by atoms with van der Waals surface area (Å²) < 4.78 is 21.5. The number of benzene rings is 2. The van der Waals surface area contributed by atoms with Crippen molar-refractivity contribution >= 4 is 11.9 Å². The van der Waals surface area contributed by atoms with Gasteiger partial charge in [-0.1, -0.05) is 12.1 Å². The summed E-state index contributed by atoms with van der Waals surface area (Å²) in [5, 5.41) is 12.0. The Morgan fingerprint density at radius 2 is 1.82 bits per heavy atom. The zero-order valence-electron chi connectivity index (χ0n) is 15.6. The Morgan fingerprint density at radius 3 is 2.46 bits per heavy atom. The van der Waals surface area contributed by atoms with Crippen molar-refractivity contribution < 1.29 is 33.6 Å². The van der Waals surface area contributed by atoms with Gasteiger partial charge in [-0.05, 0) is 29.8 Å². The number of methoxy groups -OCH3 is 2. The van der Waals surface area contributed by atoms with E-state index in [4.69, 9.17) is 18.9 Å². The van der Waals surface area contributed by atoms with Gasteiger partial charge in [0.05, 0.1) is 26.7 Å². The van der Waals surface area contributed by atoms with Crippen molar-refractivity contribution in [1.82, 2.24) is 5.32 Å². The second kappa shape index (κ2) is 8.51. The highest BCUT2D eigenvalue weighted by molar-refractivity contribution is 5.96. The number of carboxylic acids is 1. The molecule has 8 nitrogen and oxygen atoms in total. The quantitative estimate of drug-likeness (QED) is 0.752. The van der Waals surface area contributed by atoms with Crippen LogP contribution in [0.15, 0.2) is 36.4 Å². The maximum absolute atomic E-state index is 12.8. The van der Waals surface area contributed by atoms with E-state index in [1.165, 1.54) is 13.2 Å². The average Bonchev–Trinajstić information content (AvgIpc) is 2.72. The number of carbonyl (C=O) groups excluding carboxylic acids is 1. The van der Waals surface area contributed by atoms with Gasteiger partial charge in [-0.25, -0.2) is 0 Å². The molecule has 1 heterocycles. The Labute approximate surface area is 162 Å². The number of carboxylic acid groups (broad SMARTS) is 1. The zero-order valence-corrected chi connectivity index (χ0v) is 15.6. The molecule has 0 aliphatic carbocycles. The number of rotatable bonds is 7. The van der Waals surface area contributed by atoms with Crippen LogP contribution in [0, 0.1) is 0 Å². The van der Waals surface area contributed by atoms with Crippen molar-refractivity contribution in [2.75, 3.05) is 27.4 Å². The number of fused-ring (bicyclic) bond motifs is 1. The highest BCUT2D eigenvalue weighted by Gasteiger charge is 2.23. The maximum atomic E-state index is 12.8. The number of amides is 1. The van der Waals surface area contributed by atoms with Crippen LogP contribution in [0.5, 0.6) is 23.0 Å². The van der Waals surface area contributed by atoms with E-state index < -0.39 is 17.9 Å². The number of aliphatic carboxylic acids is 1. The van der Waals surface area contributed by atoms with Gasteiger partial charge in [0, 0.05) is 5.56 Å². The van der Waals surface area contributed by atoms with Crippen LogP contribution in [0.4, 0.5) is 0 Å². The fourth-order valence-electron chi connectivity index (χ4n) is 2.91. The van der Waals surface area contributed by atoms with Crippen LogP contribution in [-0.4, -0.2) is 44.4 Å². The van der Waals surface area contributed by atoms with Crippen LogP contribution in [-0.2, 0) is 4.79 Å². The van der Waals surface area contributed by atoms with Gasteiger partial charge in [0.2, 0.25) is 5.75 Å². The molecule has 2 N–H and O–H groups in total. The molecule has 0 spiro atoms. The molecule has 1 amide bonds. The third-order valence-electron chi connectivity index (χ3n) is 4.29. The fourth-order valence-corrected chi connectivity index (χ4v) is 2.91. The van der Waals surface area contributed by atoms with Crippen LogP contribution in [0.3, 0.4) is 0 Å². The van der Waals surface area contributed by atoms with Crippen molar-refractivity contribution in [3.8, 4) is 23.0 Å². The number of carbonyl (C=O) groups is 2. The lowest BCUT2D eigenvalue weighted by Crippen LogP contribution is -2.30. The number of hydrogen-bond acceptors (Lipinski definition) is 6. The second-order valence-electron chi connectivity index (χ2n) is 6.10. The van der Waals surface area contributed by atoms with Gasteiger partial charge in [0.1, 0.15) is 19.0 Å². The van der Waals surface area contributed by atoms with Crippen LogP contribution in [0.1, 0.15) is 28.4 Å². The van der Waals surface area contributed by atoms with Gasteiger partial charge in [-0.3, -0.25) is 9.59 Å². The lowest BCUT2D eigenvalue weighted by molar-refractivity contribution is -0.137. The van der Waals surface area contributed by atoms with E-state index >= 15 is 0 Å². The summed E-state index contributed by atoms with van der Waals surface area (Å²) in [6.07, 6.45) is -0.264. The maximum Gasteiger partial charge on any atom is 0.305 e. The Morgan fingerprint density at radius 1 is 1.11 bits per heavy atom. The van der Waals surface area contributed by atoms with Crippen LogP contribution < -0.4 is 24.3 Å². The molecule has 1 atom stereocenters. The number of ether oxygens (including phenoxy) is 4. The second-order valence-corrected chi connectivity index (χ2v) is 6.10. The summed E-state index contributed by atoms with van der Waals surface area (Å²) in [5.74, 6) is 0.401. The van der Waals surface area contributed by atoms with E-state index in [9.17, 15) is 14.7 Å². The van der Waals surface area contributed by atoms with E-state index in [2.05, 4.69) is 5.32 Å². The van der Waals surface area contributed by atoms with E-state index in [0.29, 0.717) is 41.8 Å². The summed E-state index contributed by atoms with van der Waals surface area (Å²) >= 11 is 0. The van der Waals surface area contributed by atoms with Crippen LogP contribution in [0.2, 0.25) is 0 Å². The van der Waals surface area contributed by atoms with Crippen molar-refractivity contribution in [3.05, 3.63) is 47.5 Å². The van der Waals surface area contributed by atoms with Crippen molar-refractivity contribution in [3.63, 3.8) is 0 Å². The molecule has 0 bridgehead atoms. The predicted molar refractivity (Wildman–Crippen MR) is 99.4 cm³/mol. The number of hydrogen-bond donors (Lipinski definition) is 2. The molecule has 28 heavy (non-hydrogen) atoms. The summed E-state index contributed by atoms with van der Waals surface area (Å²) in [5.41, 5.74) is 0.936. The van der Waals surface area contributed by atoms with E-state index in [0.717, 1.165) is 0 Å². The normalized spacial score (nSPS) is 13.4. The first-order valence-electron chi connectivity index (χ1n) is 8.66. The van der Waals surface area contributed by atoms with Crippen molar-refractivity contribution in [2.45, 2.75) is 12.5 Å². The van der Waals surface area contributed by atoms with Crippen molar-refractivity contribution in [1.29, 1.82) is 0 Å². The molecule has 0 radical (unpaired) electrons. The molecule has 0 saturated heterocycles. The number of nitrogens with one attached hydrogen (secondary N) is 1.